The molecule has 0 spiro atoms. The highest BCUT2D eigenvalue weighted by atomic mass is 16.2. The number of aromatic amines is 1. The van der Waals surface area contributed by atoms with E-state index in [0.29, 0.717) is 0 Å². The lowest BCUT2D eigenvalue weighted by Crippen LogP contribution is -2.18. The average Bonchev–Trinajstić information content (AvgIpc) is 2.48. The number of nitrogens with one attached hydrogen (secondary N) is 2. The van der Waals surface area contributed by atoms with Gasteiger partial charge in [0, 0.05) is 11.9 Å². The summed E-state index contributed by atoms with van der Waals surface area (Å²) >= 11 is 0. The van der Waals surface area contributed by atoms with Crippen molar-refractivity contribution in [2.24, 2.45) is 0 Å². The fraction of sp³-hybridized carbons (Fsp3) is 0.267. The van der Waals surface area contributed by atoms with Crippen LogP contribution in [0.25, 0.3) is 0 Å². The number of benzene rings is 1. The van der Waals surface area contributed by atoms with Crippen LogP contribution in [0.15, 0.2) is 35.4 Å². The Bertz CT molecular complexity index is 634. The lowest BCUT2D eigenvalue weighted by atomic mass is 10.0. The Hall–Kier alpha value is -2.43. The van der Waals surface area contributed by atoms with Gasteiger partial charge in [-0.15, -0.1) is 0 Å². The smallest absolute Gasteiger partial charge is 0.275 e. The van der Waals surface area contributed by atoms with E-state index < -0.39 is 0 Å². The second kappa shape index (κ2) is 6.14. The number of aryl methyl sites for hydroxylation is 2. The fourth-order valence-electron chi connectivity index (χ4n) is 2.05. The van der Waals surface area contributed by atoms with Gasteiger partial charge in [0.1, 0.15) is 5.69 Å². The molecular formula is C15H17N3O2. The predicted molar refractivity (Wildman–Crippen MR) is 78.0 cm³/mol. The minimum atomic E-state index is -0.329. The van der Waals surface area contributed by atoms with Gasteiger partial charge < -0.3 is 10.3 Å². The highest BCUT2D eigenvalue weighted by Crippen LogP contribution is 2.22. The van der Waals surface area contributed by atoms with E-state index >= 15 is 0 Å². The van der Waals surface area contributed by atoms with Crippen molar-refractivity contribution in [3.63, 3.8) is 0 Å². The van der Waals surface area contributed by atoms with Crippen LogP contribution in [0.5, 0.6) is 0 Å². The van der Waals surface area contributed by atoms with Crippen LogP contribution in [0.3, 0.4) is 0 Å². The van der Waals surface area contributed by atoms with Crippen molar-refractivity contribution in [1.82, 2.24) is 9.97 Å². The monoisotopic (exact) mass is 271 g/mol. The van der Waals surface area contributed by atoms with E-state index in [1.807, 2.05) is 32.0 Å². The number of aromatic nitrogens is 2. The molecule has 0 saturated carbocycles. The maximum atomic E-state index is 12.2. The Labute approximate surface area is 117 Å². The van der Waals surface area contributed by atoms with Crippen molar-refractivity contribution in [2.45, 2.75) is 26.7 Å². The third-order valence-corrected chi connectivity index (χ3v) is 3.14. The summed E-state index contributed by atoms with van der Waals surface area (Å²) in [5, 5.41) is 2.89. The summed E-state index contributed by atoms with van der Waals surface area (Å²) in [4.78, 5) is 29.4. The number of carbonyl (C=O) groups is 1. The zero-order valence-electron chi connectivity index (χ0n) is 11.6. The van der Waals surface area contributed by atoms with Crippen molar-refractivity contribution in [3.8, 4) is 0 Å². The van der Waals surface area contributed by atoms with Gasteiger partial charge in [-0.2, -0.15) is 0 Å². The molecule has 0 saturated heterocycles. The summed E-state index contributed by atoms with van der Waals surface area (Å²) in [7, 11) is 0. The molecule has 0 unspecified atom stereocenters. The van der Waals surface area contributed by atoms with Gasteiger partial charge in [-0.25, -0.2) is 4.98 Å². The van der Waals surface area contributed by atoms with Gasteiger partial charge >= 0.3 is 0 Å². The molecule has 0 radical (unpaired) electrons. The van der Waals surface area contributed by atoms with Crippen LogP contribution in [0.2, 0.25) is 0 Å². The molecule has 2 N–H and O–H groups in total. The molecule has 1 amide bonds. The van der Waals surface area contributed by atoms with Crippen LogP contribution in [0.4, 0.5) is 5.69 Å². The third kappa shape index (κ3) is 2.93. The minimum Gasteiger partial charge on any atom is -0.325 e. The largest absolute Gasteiger partial charge is 0.325 e. The van der Waals surface area contributed by atoms with E-state index in [4.69, 9.17) is 0 Å². The zero-order valence-corrected chi connectivity index (χ0v) is 11.6. The van der Waals surface area contributed by atoms with Crippen molar-refractivity contribution >= 4 is 11.6 Å². The van der Waals surface area contributed by atoms with Crippen LogP contribution in [0, 0.1) is 0 Å². The first-order valence-electron chi connectivity index (χ1n) is 6.62. The number of para-hydroxylation sites is 1. The average molecular weight is 271 g/mol. The Morgan fingerprint density at radius 2 is 1.90 bits per heavy atom. The second-order valence-corrected chi connectivity index (χ2v) is 4.41. The molecule has 0 bridgehead atoms. The molecular weight excluding hydrogens is 254 g/mol. The first-order valence-corrected chi connectivity index (χ1v) is 6.62. The van der Waals surface area contributed by atoms with Gasteiger partial charge in [-0.3, -0.25) is 9.59 Å². The molecule has 5 heteroatoms. The summed E-state index contributed by atoms with van der Waals surface area (Å²) < 4.78 is 0. The van der Waals surface area contributed by atoms with Gasteiger partial charge in [0.2, 0.25) is 0 Å². The van der Waals surface area contributed by atoms with Crippen LogP contribution in [0.1, 0.15) is 35.5 Å². The number of H-pyrrole nitrogens is 1. The standard InChI is InChI=1S/C15H17N3O2/c1-3-10-6-5-7-11(4-2)14(10)18-15(20)12-8-17-13(19)9-16-12/h5-9H,3-4H2,1-2H3,(H,17,19)(H,18,20). The molecule has 5 nitrogen and oxygen atoms in total. The van der Waals surface area contributed by atoms with Crippen molar-refractivity contribution < 1.29 is 4.79 Å². The van der Waals surface area contributed by atoms with Gasteiger partial charge in [0.15, 0.2) is 0 Å². The number of nitrogens with zero attached hydrogens (tertiary/aromatic N) is 1. The lowest BCUT2D eigenvalue weighted by Gasteiger charge is -2.13. The van der Waals surface area contributed by atoms with Gasteiger partial charge in [0.25, 0.3) is 11.5 Å². The topological polar surface area (TPSA) is 74.8 Å². The van der Waals surface area contributed by atoms with Crippen LogP contribution in [-0.2, 0) is 12.8 Å². The normalized spacial score (nSPS) is 10.3. The first kappa shape index (κ1) is 14.0. The Kier molecular flexibility index (Phi) is 4.30. The molecule has 0 aliphatic heterocycles. The van der Waals surface area contributed by atoms with E-state index in [0.717, 1.165) is 35.9 Å². The molecule has 1 aromatic heterocycles. The zero-order chi connectivity index (χ0) is 14.5. The molecule has 1 aromatic carbocycles. The summed E-state index contributed by atoms with van der Waals surface area (Å²) in [5.74, 6) is -0.322. The number of amides is 1. The lowest BCUT2D eigenvalue weighted by molar-refractivity contribution is 0.102. The van der Waals surface area contributed by atoms with E-state index in [9.17, 15) is 9.59 Å². The predicted octanol–water partition coefficient (Wildman–Crippen LogP) is 2.15. The molecule has 0 fully saturated rings. The number of hydrogen-bond donors (Lipinski definition) is 2. The van der Waals surface area contributed by atoms with Crippen molar-refractivity contribution in [2.75, 3.05) is 5.32 Å². The van der Waals surface area contributed by atoms with E-state index in [2.05, 4.69) is 15.3 Å². The highest BCUT2D eigenvalue weighted by Gasteiger charge is 2.12. The second-order valence-electron chi connectivity index (χ2n) is 4.41. The molecule has 2 rings (SSSR count). The summed E-state index contributed by atoms with van der Waals surface area (Å²) in [6, 6.07) is 5.98. The maximum absolute atomic E-state index is 12.2. The van der Waals surface area contributed by atoms with Crippen molar-refractivity contribution in [1.29, 1.82) is 0 Å². The molecule has 20 heavy (non-hydrogen) atoms. The summed E-state index contributed by atoms with van der Waals surface area (Å²) in [5.41, 5.74) is 2.88. The van der Waals surface area contributed by atoms with Crippen LogP contribution < -0.4 is 10.9 Å². The SMILES string of the molecule is CCc1cccc(CC)c1NC(=O)c1c[nH]c(=O)cn1. The highest BCUT2D eigenvalue weighted by molar-refractivity contribution is 6.03. The number of anilines is 1. The van der Waals surface area contributed by atoms with Crippen LogP contribution in [-0.4, -0.2) is 15.9 Å². The number of rotatable bonds is 4. The van der Waals surface area contributed by atoms with Gasteiger partial charge in [-0.1, -0.05) is 32.0 Å². The molecule has 104 valence electrons. The van der Waals surface area contributed by atoms with Gasteiger partial charge in [-0.05, 0) is 24.0 Å². The quantitative estimate of drug-likeness (QED) is 0.894. The molecule has 0 aliphatic rings. The third-order valence-electron chi connectivity index (χ3n) is 3.14. The van der Waals surface area contributed by atoms with E-state index in [1.54, 1.807) is 0 Å². The summed E-state index contributed by atoms with van der Waals surface area (Å²) in [6.07, 6.45) is 4.09. The molecule has 1 heterocycles. The summed E-state index contributed by atoms with van der Waals surface area (Å²) in [6.45, 7) is 4.09. The van der Waals surface area contributed by atoms with Gasteiger partial charge in [0.05, 0.1) is 6.20 Å². The molecule has 0 aliphatic carbocycles. The Morgan fingerprint density at radius 3 is 2.40 bits per heavy atom. The van der Waals surface area contributed by atoms with E-state index in [1.165, 1.54) is 6.20 Å². The molecule has 0 atom stereocenters. The number of hydrogen-bond acceptors (Lipinski definition) is 3. The Balaban J connectivity index is 2.31. The van der Waals surface area contributed by atoms with Crippen molar-refractivity contribution in [3.05, 3.63) is 57.8 Å². The molecule has 2 aromatic rings. The first-order chi connectivity index (χ1) is 9.65. The van der Waals surface area contributed by atoms with Crippen LogP contribution >= 0.6 is 0 Å². The fourth-order valence-corrected chi connectivity index (χ4v) is 2.05. The maximum Gasteiger partial charge on any atom is 0.275 e. The Morgan fingerprint density at radius 1 is 1.25 bits per heavy atom. The number of carbonyl (C=O) groups excluding carboxylic acids is 1. The van der Waals surface area contributed by atoms with E-state index in [-0.39, 0.29) is 17.2 Å². The minimum absolute atomic E-state index is 0.192.